The average Bonchev–Trinajstić information content (AvgIpc) is 2.89. The highest BCUT2D eigenvalue weighted by Gasteiger charge is 2.45. The van der Waals surface area contributed by atoms with Gasteiger partial charge in [0.05, 0.1) is 16.9 Å². The van der Waals surface area contributed by atoms with E-state index in [-0.39, 0.29) is 17.3 Å². The minimum atomic E-state index is -3.25. The summed E-state index contributed by atoms with van der Waals surface area (Å²) in [6.07, 6.45) is 3.61. The molecule has 7 nitrogen and oxygen atoms in total. The number of hydrogen-bond acceptors (Lipinski definition) is 6. The molecule has 1 aromatic heterocycles. The quantitative estimate of drug-likeness (QED) is 0.878. The number of amides is 1. The maximum Gasteiger partial charge on any atom is 0.231 e. The smallest absolute Gasteiger partial charge is 0.231 e. The molecule has 1 aliphatic rings. The first-order chi connectivity index (χ1) is 11.3. The van der Waals surface area contributed by atoms with Crippen molar-refractivity contribution in [2.45, 2.75) is 43.0 Å². The van der Waals surface area contributed by atoms with Gasteiger partial charge in [0, 0.05) is 13.2 Å². The number of carbonyl (C=O) groups is 1. The Kier molecular flexibility index (Phi) is 4.16. The van der Waals surface area contributed by atoms with Crippen molar-refractivity contribution in [2.75, 3.05) is 6.26 Å². The molecule has 0 bridgehead atoms. The minimum Gasteiger partial charge on any atom is -0.348 e. The normalized spacial score (nSPS) is 16.4. The second kappa shape index (κ2) is 6.01. The van der Waals surface area contributed by atoms with Crippen molar-refractivity contribution < 1.29 is 17.7 Å². The number of aromatic nitrogens is 2. The maximum atomic E-state index is 12.7. The molecular weight excluding hydrogens is 330 g/mol. The molecule has 0 unspecified atom stereocenters. The van der Waals surface area contributed by atoms with E-state index >= 15 is 0 Å². The van der Waals surface area contributed by atoms with E-state index < -0.39 is 15.3 Å². The summed E-state index contributed by atoms with van der Waals surface area (Å²) in [5, 5.41) is 6.61. The van der Waals surface area contributed by atoms with E-state index in [0.717, 1.165) is 24.8 Å². The fraction of sp³-hybridized carbons (Fsp3) is 0.438. The van der Waals surface area contributed by atoms with E-state index in [1.54, 1.807) is 31.2 Å². The molecule has 2 aromatic rings. The van der Waals surface area contributed by atoms with Gasteiger partial charge in [0.1, 0.15) is 0 Å². The number of hydrogen-bond donors (Lipinski definition) is 1. The lowest BCUT2D eigenvalue weighted by Crippen LogP contribution is -2.49. The Morgan fingerprint density at radius 2 is 1.96 bits per heavy atom. The molecule has 1 aromatic carbocycles. The van der Waals surface area contributed by atoms with Crippen molar-refractivity contribution in [3.8, 4) is 0 Å². The van der Waals surface area contributed by atoms with Gasteiger partial charge < -0.3 is 9.84 Å². The largest absolute Gasteiger partial charge is 0.348 e. The molecule has 8 heteroatoms. The van der Waals surface area contributed by atoms with Crippen molar-refractivity contribution in [1.82, 2.24) is 15.5 Å². The molecule has 1 N–H and O–H groups in total. The van der Waals surface area contributed by atoms with Crippen LogP contribution < -0.4 is 5.32 Å². The van der Waals surface area contributed by atoms with Crippen LogP contribution in [0.4, 0.5) is 0 Å². The maximum absolute atomic E-state index is 12.7. The molecule has 0 radical (unpaired) electrons. The summed E-state index contributed by atoms with van der Waals surface area (Å²) in [6.45, 7) is 1.90. The molecule has 0 aliphatic heterocycles. The highest BCUT2D eigenvalue weighted by Crippen LogP contribution is 2.44. The van der Waals surface area contributed by atoms with E-state index in [1.807, 2.05) is 0 Å². The minimum absolute atomic E-state index is 0.0942. The highest BCUT2D eigenvalue weighted by molar-refractivity contribution is 7.90. The van der Waals surface area contributed by atoms with Crippen LogP contribution in [0.1, 0.15) is 36.5 Å². The van der Waals surface area contributed by atoms with Crippen molar-refractivity contribution in [3.05, 3.63) is 41.5 Å². The predicted molar refractivity (Wildman–Crippen MR) is 86.0 cm³/mol. The van der Waals surface area contributed by atoms with E-state index in [4.69, 9.17) is 4.52 Å². The van der Waals surface area contributed by atoms with Crippen LogP contribution in [0.3, 0.4) is 0 Å². The molecule has 0 atom stereocenters. The van der Waals surface area contributed by atoms with Crippen LogP contribution in [0.15, 0.2) is 33.7 Å². The summed E-state index contributed by atoms with van der Waals surface area (Å²) in [5.41, 5.74) is 0.234. The van der Waals surface area contributed by atoms with Gasteiger partial charge in [-0.15, -0.1) is 0 Å². The number of carbonyl (C=O) groups excluding carboxylic acids is 1. The molecule has 1 amide bonds. The third kappa shape index (κ3) is 3.06. The van der Waals surface area contributed by atoms with Crippen molar-refractivity contribution in [2.24, 2.45) is 0 Å². The molecular formula is C16H19N3O4S. The molecule has 0 saturated heterocycles. The summed E-state index contributed by atoms with van der Waals surface area (Å²) in [4.78, 5) is 17.0. The number of rotatable bonds is 5. The molecule has 1 saturated carbocycles. The lowest BCUT2D eigenvalue weighted by molar-refractivity contribution is -0.130. The van der Waals surface area contributed by atoms with Gasteiger partial charge in [-0.05, 0) is 30.5 Å². The Morgan fingerprint density at radius 3 is 2.42 bits per heavy atom. The number of nitrogens with zero attached hydrogens (tertiary/aromatic N) is 2. The Balaban J connectivity index is 1.77. The lowest BCUT2D eigenvalue weighted by Gasteiger charge is -2.40. The first kappa shape index (κ1) is 16.6. The van der Waals surface area contributed by atoms with Crippen LogP contribution >= 0.6 is 0 Å². The molecule has 1 aliphatic carbocycles. The van der Waals surface area contributed by atoms with Crippen LogP contribution in [0.25, 0.3) is 0 Å². The first-order valence-electron chi connectivity index (χ1n) is 7.69. The topological polar surface area (TPSA) is 102 Å². The summed E-state index contributed by atoms with van der Waals surface area (Å²) >= 11 is 0. The van der Waals surface area contributed by atoms with Gasteiger partial charge in [0.25, 0.3) is 0 Å². The molecule has 3 rings (SSSR count). The number of benzene rings is 1. The Hall–Kier alpha value is -2.22. The van der Waals surface area contributed by atoms with Gasteiger partial charge in [0.15, 0.2) is 15.7 Å². The molecule has 1 heterocycles. The zero-order chi connectivity index (χ0) is 17.4. The standard InChI is InChI=1S/C16H19N3O4S/c1-11-18-14(19-23-11)10-17-15(20)16(8-3-9-16)12-4-6-13(7-5-12)24(2,21)22/h4-7H,3,8-10H2,1-2H3,(H,17,20). The Bertz CT molecular complexity index is 852. The number of sulfone groups is 1. The van der Waals surface area contributed by atoms with Crippen LogP contribution in [0.2, 0.25) is 0 Å². The van der Waals surface area contributed by atoms with E-state index in [0.29, 0.717) is 11.7 Å². The summed E-state index contributed by atoms with van der Waals surface area (Å²) < 4.78 is 28.0. The first-order valence-corrected chi connectivity index (χ1v) is 9.58. The van der Waals surface area contributed by atoms with Crippen LogP contribution in [0, 0.1) is 6.92 Å². The summed E-state index contributed by atoms with van der Waals surface area (Å²) in [6, 6.07) is 6.57. The van der Waals surface area contributed by atoms with Gasteiger partial charge in [-0.2, -0.15) is 4.98 Å². The third-order valence-corrected chi connectivity index (χ3v) is 5.58. The molecule has 128 valence electrons. The average molecular weight is 349 g/mol. The van der Waals surface area contributed by atoms with Crippen LogP contribution in [-0.2, 0) is 26.6 Å². The Morgan fingerprint density at radius 1 is 1.29 bits per heavy atom. The van der Waals surface area contributed by atoms with E-state index in [1.165, 1.54) is 6.26 Å². The van der Waals surface area contributed by atoms with Gasteiger partial charge in [0.2, 0.25) is 11.8 Å². The highest BCUT2D eigenvalue weighted by atomic mass is 32.2. The summed E-state index contributed by atoms with van der Waals surface area (Å²) in [7, 11) is -3.25. The molecule has 0 spiro atoms. The second-order valence-corrected chi connectivity index (χ2v) is 8.16. The van der Waals surface area contributed by atoms with Crippen LogP contribution in [-0.4, -0.2) is 30.7 Å². The van der Waals surface area contributed by atoms with Gasteiger partial charge in [-0.3, -0.25) is 4.79 Å². The van der Waals surface area contributed by atoms with Crippen LogP contribution in [0.5, 0.6) is 0 Å². The van der Waals surface area contributed by atoms with E-state index in [9.17, 15) is 13.2 Å². The third-order valence-electron chi connectivity index (χ3n) is 4.45. The van der Waals surface area contributed by atoms with Crippen molar-refractivity contribution in [1.29, 1.82) is 0 Å². The lowest BCUT2D eigenvalue weighted by atomic mass is 9.64. The van der Waals surface area contributed by atoms with Gasteiger partial charge in [-0.1, -0.05) is 23.7 Å². The predicted octanol–water partition coefficient (Wildman–Crippen LogP) is 1.52. The fourth-order valence-electron chi connectivity index (χ4n) is 2.94. The van der Waals surface area contributed by atoms with Crippen molar-refractivity contribution >= 4 is 15.7 Å². The molecule has 24 heavy (non-hydrogen) atoms. The van der Waals surface area contributed by atoms with Crippen molar-refractivity contribution in [3.63, 3.8) is 0 Å². The van der Waals surface area contributed by atoms with Gasteiger partial charge in [-0.25, -0.2) is 8.42 Å². The fourth-order valence-corrected chi connectivity index (χ4v) is 3.57. The Labute approximate surface area is 140 Å². The SMILES string of the molecule is Cc1nc(CNC(=O)C2(c3ccc(S(C)(=O)=O)cc3)CCC2)no1. The number of aryl methyl sites for hydroxylation is 1. The zero-order valence-corrected chi connectivity index (χ0v) is 14.4. The van der Waals surface area contributed by atoms with E-state index in [2.05, 4.69) is 15.5 Å². The monoisotopic (exact) mass is 349 g/mol. The summed E-state index contributed by atoms with van der Waals surface area (Å²) in [5.74, 6) is 0.792. The number of nitrogens with one attached hydrogen (secondary N) is 1. The zero-order valence-electron chi connectivity index (χ0n) is 13.6. The second-order valence-electron chi connectivity index (χ2n) is 6.14. The van der Waals surface area contributed by atoms with Gasteiger partial charge >= 0.3 is 0 Å². The molecule has 1 fully saturated rings.